The van der Waals surface area contributed by atoms with Gasteiger partial charge in [0.25, 0.3) is 0 Å². The lowest BCUT2D eigenvalue weighted by Crippen LogP contribution is -2.22. The van der Waals surface area contributed by atoms with Crippen LogP contribution in [-0.4, -0.2) is 25.0 Å². The van der Waals surface area contributed by atoms with Crippen LogP contribution in [0, 0.1) is 12.7 Å². The van der Waals surface area contributed by atoms with Crippen molar-refractivity contribution in [2.75, 3.05) is 14.2 Å². The molecule has 5 heteroatoms. The molecule has 0 aliphatic rings. The van der Waals surface area contributed by atoms with Crippen molar-refractivity contribution >= 4 is 5.97 Å². The van der Waals surface area contributed by atoms with Crippen LogP contribution in [-0.2, 0) is 11.3 Å². The lowest BCUT2D eigenvalue weighted by atomic mass is 10.1. The number of hydrogen-bond acceptors (Lipinski definition) is 4. The van der Waals surface area contributed by atoms with E-state index >= 15 is 0 Å². The number of furan rings is 1. The normalized spacial score (nSPS) is 12.5. The summed E-state index contributed by atoms with van der Waals surface area (Å²) in [5, 5.41) is 0. The van der Waals surface area contributed by atoms with Gasteiger partial charge in [0, 0.05) is 11.6 Å². The number of benzene rings is 1. The highest BCUT2D eigenvalue weighted by atomic mass is 19.1. The topological polar surface area (TPSA) is 42.7 Å². The van der Waals surface area contributed by atoms with Gasteiger partial charge in [0.2, 0.25) is 0 Å². The van der Waals surface area contributed by atoms with Crippen LogP contribution in [0.15, 0.2) is 34.7 Å². The Morgan fingerprint density at radius 2 is 2.09 bits per heavy atom. The van der Waals surface area contributed by atoms with E-state index in [-0.39, 0.29) is 11.9 Å². The molecule has 118 valence electrons. The quantitative estimate of drug-likeness (QED) is 0.790. The molecule has 0 amide bonds. The average molecular weight is 305 g/mol. The Kier molecular flexibility index (Phi) is 4.98. The molecule has 0 saturated heterocycles. The largest absolute Gasteiger partial charge is 0.465 e. The smallest absolute Gasteiger partial charge is 0.341 e. The van der Waals surface area contributed by atoms with E-state index in [0.717, 1.165) is 0 Å². The molecule has 0 N–H and O–H groups in total. The van der Waals surface area contributed by atoms with Crippen molar-refractivity contribution in [2.24, 2.45) is 0 Å². The number of hydrogen-bond donors (Lipinski definition) is 0. The van der Waals surface area contributed by atoms with Gasteiger partial charge in [-0.05, 0) is 33.0 Å². The average Bonchev–Trinajstić information content (AvgIpc) is 2.86. The fourth-order valence-corrected chi connectivity index (χ4v) is 2.37. The standard InChI is InChI=1S/C17H20FNO3/c1-11(14-7-5-6-8-16(14)18)19(3)10-13-9-15(12(2)22-13)17(20)21-4/h5-9,11H,10H2,1-4H3. The molecule has 4 nitrogen and oxygen atoms in total. The van der Waals surface area contributed by atoms with Crippen molar-refractivity contribution < 1.29 is 18.3 Å². The predicted octanol–water partition coefficient (Wildman–Crippen LogP) is 3.71. The minimum Gasteiger partial charge on any atom is -0.465 e. The van der Waals surface area contributed by atoms with Gasteiger partial charge in [-0.15, -0.1) is 0 Å². The third kappa shape index (κ3) is 3.36. The van der Waals surface area contributed by atoms with Gasteiger partial charge < -0.3 is 9.15 Å². The first-order valence-electron chi connectivity index (χ1n) is 7.06. The number of carbonyl (C=O) groups excluding carboxylic acids is 1. The second-order valence-corrected chi connectivity index (χ2v) is 5.29. The maximum atomic E-state index is 13.8. The van der Waals surface area contributed by atoms with Crippen LogP contribution in [0.5, 0.6) is 0 Å². The second-order valence-electron chi connectivity index (χ2n) is 5.29. The summed E-state index contributed by atoms with van der Waals surface area (Å²) in [5.74, 6) is 0.516. The van der Waals surface area contributed by atoms with Crippen molar-refractivity contribution in [3.63, 3.8) is 0 Å². The minimum absolute atomic E-state index is 0.117. The van der Waals surface area contributed by atoms with Crippen LogP contribution in [0.1, 0.15) is 40.4 Å². The molecule has 0 aliphatic carbocycles. The lowest BCUT2D eigenvalue weighted by Gasteiger charge is -2.24. The molecular formula is C17H20FNO3. The molecule has 0 bridgehead atoms. The monoisotopic (exact) mass is 305 g/mol. The van der Waals surface area contributed by atoms with Crippen LogP contribution in [0.2, 0.25) is 0 Å². The van der Waals surface area contributed by atoms with Gasteiger partial charge >= 0.3 is 5.97 Å². The molecule has 0 saturated carbocycles. The maximum Gasteiger partial charge on any atom is 0.341 e. The highest BCUT2D eigenvalue weighted by Crippen LogP contribution is 2.24. The molecule has 0 aliphatic heterocycles. The summed E-state index contributed by atoms with van der Waals surface area (Å²) in [4.78, 5) is 13.5. The summed E-state index contributed by atoms with van der Waals surface area (Å²) >= 11 is 0. The van der Waals surface area contributed by atoms with Crippen LogP contribution in [0.25, 0.3) is 0 Å². The molecule has 1 atom stereocenters. The summed E-state index contributed by atoms with van der Waals surface area (Å²) < 4.78 is 24.1. The van der Waals surface area contributed by atoms with Crippen molar-refractivity contribution in [3.8, 4) is 0 Å². The summed E-state index contributed by atoms with van der Waals surface area (Å²) in [6.45, 7) is 4.11. The van der Waals surface area contributed by atoms with E-state index in [0.29, 0.717) is 29.2 Å². The minimum atomic E-state index is -0.419. The highest BCUT2D eigenvalue weighted by Gasteiger charge is 2.19. The summed E-state index contributed by atoms with van der Waals surface area (Å²) in [6.07, 6.45) is 0. The second kappa shape index (κ2) is 6.75. The lowest BCUT2D eigenvalue weighted by molar-refractivity contribution is 0.0599. The zero-order chi connectivity index (χ0) is 16.3. The summed E-state index contributed by atoms with van der Waals surface area (Å²) in [7, 11) is 3.22. The van der Waals surface area contributed by atoms with Gasteiger partial charge in [-0.25, -0.2) is 9.18 Å². The molecule has 2 aromatic rings. The van der Waals surface area contributed by atoms with E-state index in [4.69, 9.17) is 9.15 Å². The molecule has 1 aromatic heterocycles. The maximum absolute atomic E-state index is 13.8. The Balaban J connectivity index is 2.14. The SMILES string of the molecule is COC(=O)c1cc(CN(C)C(C)c2ccccc2F)oc1C. The van der Waals surface area contributed by atoms with Gasteiger partial charge in [-0.3, -0.25) is 4.90 Å². The summed E-state index contributed by atoms with van der Waals surface area (Å²) in [5.41, 5.74) is 1.05. The third-order valence-electron chi connectivity index (χ3n) is 3.80. The fourth-order valence-electron chi connectivity index (χ4n) is 2.37. The Bertz CT molecular complexity index is 666. The first kappa shape index (κ1) is 16.2. The number of esters is 1. The van der Waals surface area contributed by atoms with Crippen molar-refractivity contribution in [1.29, 1.82) is 0 Å². The summed E-state index contributed by atoms with van der Waals surface area (Å²) in [6, 6.07) is 8.26. The molecular weight excluding hydrogens is 285 g/mol. The zero-order valence-electron chi connectivity index (χ0n) is 13.2. The molecule has 22 heavy (non-hydrogen) atoms. The van der Waals surface area contributed by atoms with Crippen molar-refractivity contribution in [2.45, 2.75) is 26.4 Å². The molecule has 2 rings (SSSR count). The van der Waals surface area contributed by atoms with Gasteiger partial charge in [-0.1, -0.05) is 18.2 Å². The Hall–Kier alpha value is -2.14. The molecule has 0 spiro atoms. The molecule has 0 fully saturated rings. The number of methoxy groups -OCH3 is 1. The Morgan fingerprint density at radius 3 is 2.73 bits per heavy atom. The van der Waals surface area contributed by atoms with E-state index in [1.54, 1.807) is 25.1 Å². The van der Waals surface area contributed by atoms with Crippen molar-refractivity contribution in [1.82, 2.24) is 4.90 Å². The van der Waals surface area contributed by atoms with E-state index in [9.17, 15) is 9.18 Å². The molecule has 1 unspecified atom stereocenters. The zero-order valence-corrected chi connectivity index (χ0v) is 13.2. The van der Waals surface area contributed by atoms with E-state index in [2.05, 4.69) is 0 Å². The van der Waals surface area contributed by atoms with E-state index in [1.807, 2.05) is 24.9 Å². The van der Waals surface area contributed by atoms with Crippen LogP contribution in [0.3, 0.4) is 0 Å². The van der Waals surface area contributed by atoms with Gasteiger partial charge in [-0.2, -0.15) is 0 Å². The van der Waals surface area contributed by atoms with E-state index in [1.165, 1.54) is 13.2 Å². The number of aryl methyl sites for hydroxylation is 1. The number of carbonyl (C=O) groups is 1. The molecule has 0 radical (unpaired) electrons. The third-order valence-corrected chi connectivity index (χ3v) is 3.80. The van der Waals surface area contributed by atoms with Crippen LogP contribution >= 0.6 is 0 Å². The Morgan fingerprint density at radius 1 is 1.41 bits per heavy atom. The fraction of sp³-hybridized carbons (Fsp3) is 0.353. The number of rotatable bonds is 5. The van der Waals surface area contributed by atoms with Gasteiger partial charge in [0.05, 0.1) is 13.7 Å². The first-order chi connectivity index (χ1) is 10.4. The molecule has 1 aromatic carbocycles. The molecule has 1 heterocycles. The predicted molar refractivity (Wildman–Crippen MR) is 81.1 cm³/mol. The number of nitrogens with zero attached hydrogens (tertiary/aromatic N) is 1. The first-order valence-corrected chi connectivity index (χ1v) is 7.06. The van der Waals surface area contributed by atoms with Crippen molar-refractivity contribution in [3.05, 3.63) is 58.8 Å². The number of halogens is 1. The highest BCUT2D eigenvalue weighted by molar-refractivity contribution is 5.90. The van der Waals surface area contributed by atoms with Crippen LogP contribution in [0.4, 0.5) is 4.39 Å². The van der Waals surface area contributed by atoms with Gasteiger partial charge in [0.1, 0.15) is 22.9 Å². The number of ether oxygens (including phenoxy) is 1. The van der Waals surface area contributed by atoms with E-state index < -0.39 is 5.97 Å². The Labute approximate surface area is 129 Å². The van der Waals surface area contributed by atoms with Crippen LogP contribution < -0.4 is 0 Å². The van der Waals surface area contributed by atoms with Gasteiger partial charge in [0.15, 0.2) is 0 Å².